The largest absolute Gasteiger partial charge is 0.350 e. The summed E-state index contributed by atoms with van der Waals surface area (Å²) in [7, 11) is 0. The summed E-state index contributed by atoms with van der Waals surface area (Å²) in [4.78, 5) is 5.16. The van der Waals surface area contributed by atoms with Crippen molar-refractivity contribution in [1.29, 1.82) is 0 Å². The van der Waals surface area contributed by atoms with Crippen molar-refractivity contribution < 1.29 is 0 Å². The molecule has 0 spiro atoms. The van der Waals surface area contributed by atoms with Gasteiger partial charge in [-0.15, -0.1) is 0 Å². The van der Waals surface area contributed by atoms with Crippen molar-refractivity contribution in [3.8, 4) is 22.3 Å². The van der Waals surface area contributed by atoms with Crippen LogP contribution in [-0.2, 0) is 0 Å². The fourth-order valence-electron chi connectivity index (χ4n) is 7.94. The summed E-state index contributed by atoms with van der Waals surface area (Å²) in [5.74, 6) is 0.879. The van der Waals surface area contributed by atoms with Crippen LogP contribution < -0.4 is 10.6 Å². The number of benzene rings is 9. The molecule has 246 valence electrons. The lowest BCUT2D eigenvalue weighted by molar-refractivity contribution is 0.410. The minimum absolute atomic E-state index is 0.180. The quantitative estimate of drug-likeness (QED) is 0.180. The summed E-state index contributed by atoms with van der Waals surface area (Å²) in [6.45, 7) is 0. The molecule has 0 aliphatic carbocycles. The van der Waals surface area contributed by atoms with Crippen LogP contribution in [0.5, 0.6) is 0 Å². The van der Waals surface area contributed by atoms with Gasteiger partial charge in [0.25, 0.3) is 0 Å². The topological polar surface area (TPSA) is 36.4 Å². The fourth-order valence-corrected chi connectivity index (χ4v) is 7.94. The number of amidine groups is 1. The molecule has 0 saturated carbocycles. The van der Waals surface area contributed by atoms with E-state index >= 15 is 0 Å². The highest BCUT2D eigenvalue weighted by Gasteiger charge is 2.27. The molecule has 2 atom stereocenters. The molecule has 9 aromatic rings. The number of hydrogen-bond donors (Lipinski definition) is 2. The molecule has 0 amide bonds. The van der Waals surface area contributed by atoms with Crippen LogP contribution in [-0.4, -0.2) is 5.84 Å². The Kier molecular flexibility index (Phi) is 7.37. The van der Waals surface area contributed by atoms with E-state index in [0.29, 0.717) is 0 Å². The lowest BCUT2D eigenvalue weighted by Gasteiger charge is -2.33. The van der Waals surface area contributed by atoms with E-state index in [0.717, 1.165) is 17.0 Å². The van der Waals surface area contributed by atoms with E-state index in [-0.39, 0.29) is 12.3 Å². The summed E-state index contributed by atoms with van der Waals surface area (Å²) in [5.41, 5.74) is 8.14. The zero-order valence-corrected chi connectivity index (χ0v) is 28.5. The average Bonchev–Trinajstić information content (AvgIpc) is 3.23. The second-order valence-corrected chi connectivity index (χ2v) is 13.6. The Morgan fingerprint density at radius 2 is 0.904 bits per heavy atom. The van der Waals surface area contributed by atoms with Gasteiger partial charge in [-0.1, -0.05) is 170 Å². The van der Waals surface area contributed by atoms with Gasteiger partial charge in [-0.2, -0.15) is 0 Å². The highest BCUT2D eigenvalue weighted by atomic mass is 15.3. The predicted octanol–water partition coefficient (Wildman–Crippen LogP) is 12.0. The summed E-state index contributed by atoms with van der Waals surface area (Å²) in [5, 5.41) is 17.8. The second kappa shape index (κ2) is 12.6. The number of aliphatic imine (C=N–C) groups is 1. The summed E-state index contributed by atoms with van der Waals surface area (Å²) >= 11 is 0. The summed E-state index contributed by atoms with van der Waals surface area (Å²) < 4.78 is 0. The highest BCUT2D eigenvalue weighted by Crippen LogP contribution is 2.39. The molecule has 0 radical (unpaired) electrons. The lowest BCUT2D eigenvalue weighted by atomic mass is 9.90. The fraction of sp³-hybridized carbons (Fsp3) is 0.0408. The van der Waals surface area contributed by atoms with Gasteiger partial charge in [0.15, 0.2) is 0 Å². The number of nitrogens with one attached hydrogen (secondary N) is 2. The zero-order chi connectivity index (χ0) is 34.4. The maximum Gasteiger partial charge on any atom is 0.131 e. The molecule has 10 rings (SSSR count). The van der Waals surface area contributed by atoms with Gasteiger partial charge >= 0.3 is 0 Å². The minimum Gasteiger partial charge on any atom is -0.350 e. The van der Waals surface area contributed by atoms with Gasteiger partial charge in [-0.3, -0.25) is 5.32 Å². The van der Waals surface area contributed by atoms with Crippen LogP contribution in [0.25, 0.3) is 65.3 Å². The molecule has 9 aromatic carbocycles. The van der Waals surface area contributed by atoms with Gasteiger partial charge in [0.2, 0.25) is 0 Å². The first-order valence-corrected chi connectivity index (χ1v) is 17.9. The molecule has 1 aliphatic rings. The highest BCUT2D eigenvalue weighted by molar-refractivity contribution is 6.25. The Labute approximate surface area is 302 Å². The smallest absolute Gasteiger partial charge is 0.131 e. The van der Waals surface area contributed by atoms with Crippen LogP contribution in [0.4, 0.5) is 0 Å². The van der Waals surface area contributed by atoms with E-state index in [1.807, 2.05) is 6.07 Å². The van der Waals surface area contributed by atoms with E-state index in [9.17, 15) is 0 Å². The molecule has 2 unspecified atom stereocenters. The SMILES string of the molecule is c1ccc(C2=NC(c3ccccc3)NC(c3cc4ccccc4cc3-c3ccc(-c4ccc5c6ccccc6c6ccccc6c5c4)cc3)N2)cc1. The number of fused-ring (bicyclic) bond motifs is 7. The molecule has 0 fully saturated rings. The Balaban J connectivity index is 1.07. The van der Waals surface area contributed by atoms with E-state index in [2.05, 4.69) is 193 Å². The molecule has 1 aliphatic heterocycles. The second-order valence-electron chi connectivity index (χ2n) is 13.6. The molecular weight excluding hydrogens is 631 g/mol. The van der Waals surface area contributed by atoms with Gasteiger partial charge in [-0.05, 0) is 94.7 Å². The zero-order valence-electron chi connectivity index (χ0n) is 28.5. The molecule has 0 bridgehead atoms. The molecule has 0 saturated heterocycles. The van der Waals surface area contributed by atoms with Crippen LogP contribution in [0, 0.1) is 0 Å². The Morgan fingerprint density at radius 1 is 0.385 bits per heavy atom. The van der Waals surface area contributed by atoms with Crippen molar-refractivity contribution in [2.24, 2.45) is 4.99 Å². The number of rotatable bonds is 5. The molecule has 0 aromatic heterocycles. The van der Waals surface area contributed by atoms with Crippen LogP contribution in [0.15, 0.2) is 193 Å². The lowest BCUT2D eigenvalue weighted by Crippen LogP contribution is -2.45. The monoisotopic (exact) mass is 665 g/mol. The number of hydrogen-bond acceptors (Lipinski definition) is 3. The van der Waals surface area contributed by atoms with E-state index < -0.39 is 0 Å². The van der Waals surface area contributed by atoms with Crippen LogP contribution in [0.1, 0.15) is 29.0 Å². The van der Waals surface area contributed by atoms with Gasteiger partial charge in [0.05, 0.1) is 0 Å². The first-order chi connectivity index (χ1) is 25.8. The minimum atomic E-state index is -0.203. The summed E-state index contributed by atoms with van der Waals surface area (Å²) in [6, 6.07) is 67.7. The van der Waals surface area contributed by atoms with E-state index in [4.69, 9.17) is 4.99 Å². The van der Waals surface area contributed by atoms with E-state index in [1.54, 1.807) is 0 Å². The molecule has 3 nitrogen and oxygen atoms in total. The predicted molar refractivity (Wildman–Crippen MR) is 219 cm³/mol. The maximum atomic E-state index is 5.16. The third-order valence-electron chi connectivity index (χ3n) is 10.5. The van der Waals surface area contributed by atoms with Crippen LogP contribution in [0.3, 0.4) is 0 Å². The molecule has 1 heterocycles. The third kappa shape index (κ3) is 5.31. The number of nitrogens with zero attached hydrogens (tertiary/aromatic N) is 1. The van der Waals surface area contributed by atoms with Gasteiger partial charge < -0.3 is 5.32 Å². The first-order valence-electron chi connectivity index (χ1n) is 17.9. The first kappa shape index (κ1) is 30.3. The Bertz CT molecular complexity index is 2750. The van der Waals surface area contributed by atoms with Crippen molar-refractivity contribution in [1.82, 2.24) is 10.6 Å². The Hall–Kier alpha value is -6.55. The average molecular weight is 666 g/mol. The van der Waals surface area contributed by atoms with Crippen LogP contribution >= 0.6 is 0 Å². The molecule has 52 heavy (non-hydrogen) atoms. The van der Waals surface area contributed by atoms with Gasteiger partial charge in [-0.25, -0.2) is 4.99 Å². The van der Waals surface area contributed by atoms with Crippen LogP contribution in [0.2, 0.25) is 0 Å². The standard InChI is InChI=1S/C49H35N3/c1-3-13-34(14-4-1)47-50-48(35-15-5-2-6-16-35)52-49(51-47)46-31-37-18-8-7-17-36(37)29-44(46)33-25-23-32(24-26-33)38-27-28-43-41-21-10-9-19-39(41)40-20-11-12-22-42(40)45(43)30-38/h1-31,47,49,51H,(H,50,52). The maximum absolute atomic E-state index is 5.16. The third-order valence-corrected chi connectivity index (χ3v) is 10.5. The molecular formula is C49H35N3. The Morgan fingerprint density at radius 3 is 1.58 bits per heavy atom. The normalized spacial score (nSPS) is 15.9. The van der Waals surface area contributed by atoms with Crippen molar-refractivity contribution in [3.05, 3.63) is 205 Å². The van der Waals surface area contributed by atoms with E-state index in [1.165, 1.54) is 70.9 Å². The van der Waals surface area contributed by atoms with Crippen molar-refractivity contribution >= 4 is 48.9 Å². The van der Waals surface area contributed by atoms with Crippen molar-refractivity contribution in [3.63, 3.8) is 0 Å². The molecule has 2 N–H and O–H groups in total. The molecule has 3 heteroatoms. The van der Waals surface area contributed by atoms with Crippen molar-refractivity contribution in [2.75, 3.05) is 0 Å². The summed E-state index contributed by atoms with van der Waals surface area (Å²) in [6.07, 6.45) is -0.383. The van der Waals surface area contributed by atoms with Crippen molar-refractivity contribution in [2.45, 2.75) is 12.3 Å². The van der Waals surface area contributed by atoms with Gasteiger partial charge in [0.1, 0.15) is 18.2 Å². The van der Waals surface area contributed by atoms with Gasteiger partial charge in [0, 0.05) is 5.56 Å².